The van der Waals surface area contributed by atoms with Crippen LogP contribution in [0.25, 0.3) is 11.4 Å². The van der Waals surface area contributed by atoms with Crippen LogP contribution in [0.1, 0.15) is 66.3 Å². The number of aromatic amines is 1. The lowest BCUT2D eigenvalue weighted by atomic mass is 9.98. The van der Waals surface area contributed by atoms with Crippen LogP contribution in [-0.2, 0) is 25.8 Å². The Hall–Kier alpha value is -3.61. The van der Waals surface area contributed by atoms with Gasteiger partial charge in [-0.1, -0.05) is 19.1 Å². The Labute approximate surface area is 205 Å². The number of benzene rings is 1. The van der Waals surface area contributed by atoms with E-state index in [0.717, 1.165) is 67.7 Å². The number of aryl methyl sites for hydroxylation is 4. The molecule has 7 heteroatoms. The largest absolute Gasteiger partial charge is 0.294 e. The first kappa shape index (κ1) is 24.5. The van der Waals surface area contributed by atoms with Crippen LogP contribution in [0.2, 0.25) is 0 Å². The highest BCUT2D eigenvalue weighted by atomic mass is 19.1. The lowest BCUT2D eigenvalue weighted by molar-refractivity contribution is 0.0978. The number of carbonyl (C=O) groups excluding carboxylic acids is 1. The molecule has 0 radical (unpaired) electrons. The molecule has 0 amide bonds. The molecular weight excluding hydrogens is 441 g/mol. The first-order valence-electron chi connectivity index (χ1n) is 12.4. The monoisotopic (exact) mass is 473 g/mol. The maximum atomic E-state index is 13.5. The predicted octanol–water partition coefficient (Wildman–Crippen LogP) is 5.99. The topological polar surface area (TPSA) is 76.5 Å². The predicted molar refractivity (Wildman–Crippen MR) is 135 cm³/mol. The van der Waals surface area contributed by atoms with E-state index in [1.54, 1.807) is 18.3 Å². The summed E-state index contributed by atoms with van der Waals surface area (Å²) in [6.07, 6.45) is 9.88. The van der Waals surface area contributed by atoms with Gasteiger partial charge < -0.3 is 0 Å². The third-order valence-corrected chi connectivity index (χ3v) is 6.15. The number of Topliss-reactive ketones (excluding diaryl/α,β-unsaturated/α-hetero) is 1. The molecule has 0 spiro atoms. The van der Waals surface area contributed by atoms with Crippen molar-refractivity contribution in [3.8, 4) is 11.4 Å². The molecule has 0 aliphatic heterocycles. The van der Waals surface area contributed by atoms with Crippen molar-refractivity contribution in [3.05, 3.63) is 89.3 Å². The normalized spacial score (nSPS) is 11.1. The maximum Gasteiger partial charge on any atom is 0.164 e. The number of unbranched alkanes of at least 4 members (excludes halogenated alkanes) is 1. The number of H-pyrrole nitrogens is 1. The lowest BCUT2D eigenvalue weighted by Crippen LogP contribution is -2.09. The van der Waals surface area contributed by atoms with Crippen LogP contribution in [0, 0.1) is 5.82 Å². The Balaban J connectivity index is 1.41. The minimum absolute atomic E-state index is 0.121. The number of aromatic nitrogens is 5. The first-order chi connectivity index (χ1) is 17.1. The zero-order valence-electron chi connectivity index (χ0n) is 20.2. The number of ketones is 1. The van der Waals surface area contributed by atoms with Gasteiger partial charge in [-0.05, 0) is 86.9 Å². The SMILES string of the molecule is CCCn1nccc1CCCC(=O)c1ccc(-c2ccn[nH]2)nc1CCCCc1cccc(F)c1. The molecule has 4 rings (SSSR count). The second kappa shape index (κ2) is 12.2. The highest BCUT2D eigenvalue weighted by Gasteiger charge is 2.15. The molecule has 0 aliphatic rings. The van der Waals surface area contributed by atoms with Crippen LogP contribution in [0.5, 0.6) is 0 Å². The number of nitrogens with zero attached hydrogens (tertiary/aromatic N) is 4. The van der Waals surface area contributed by atoms with Crippen molar-refractivity contribution in [2.75, 3.05) is 0 Å². The van der Waals surface area contributed by atoms with Gasteiger partial charge in [0.15, 0.2) is 5.78 Å². The summed E-state index contributed by atoms with van der Waals surface area (Å²) in [6.45, 7) is 3.03. The highest BCUT2D eigenvalue weighted by molar-refractivity contribution is 5.97. The molecule has 1 aromatic carbocycles. The van der Waals surface area contributed by atoms with Gasteiger partial charge in [0.2, 0.25) is 0 Å². The molecule has 0 saturated heterocycles. The summed E-state index contributed by atoms with van der Waals surface area (Å²) in [4.78, 5) is 18.0. The number of hydrogen-bond donors (Lipinski definition) is 1. The number of carbonyl (C=O) groups is 1. The summed E-state index contributed by atoms with van der Waals surface area (Å²) in [7, 11) is 0. The zero-order chi connectivity index (χ0) is 24.5. The minimum Gasteiger partial charge on any atom is -0.294 e. The molecule has 3 aromatic heterocycles. The van der Waals surface area contributed by atoms with Crippen molar-refractivity contribution in [2.24, 2.45) is 0 Å². The van der Waals surface area contributed by atoms with E-state index in [1.807, 2.05) is 41.2 Å². The van der Waals surface area contributed by atoms with Crippen molar-refractivity contribution in [2.45, 2.75) is 64.8 Å². The molecule has 0 unspecified atom stereocenters. The van der Waals surface area contributed by atoms with Gasteiger partial charge in [0.05, 0.1) is 17.1 Å². The summed E-state index contributed by atoms with van der Waals surface area (Å²) in [6, 6.07) is 14.4. The average Bonchev–Trinajstić information content (AvgIpc) is 3.55. The fourth-order valence-electron chi connectivity index (χ4n) is 4.36. The van der Waals surface area contributed by atoms with E-state index in [4.69, 9.17) is 4.98 Å². The number of pyridine rings is 1. The maximum absolute atomic E-state index is 13.5. The average molecular weight is 474 g/mol. The summed E-state index contributed by atoms with van der Waals surface area (Å²) in [5.41, 5.74) is 5.28. The zero-order valence-corrected chi connectivity index (χ0v) is 20.2. The molecule has 0 saturated carbocycles. The molecule has 0 atom stereocenters. The number of rotatable bonds is 13. The Morgan fingerprint density at radius 2 is 1.89 bits per heavy atom. The van der Waals surface area contributed by atoms with E-state index >= 15 is 0 Å². The highest BCUT2D eigenvalue weighted by Crippen LogP contribution is 2.21. The van der Waals surface area contributed by atoms with Crippen molar-refractivity contribution in [3.63, 3.8) is 0 Å². The molecule has 6 nitrogen and oxygen atoms in total. The van der Waals surface area contributed by atoms with Crippen molar-refractivity contribution < 1.29 is 9.18 Å². The van der Waals surface area contributed by atoms with E-state index in [2.05, 4.69) is 22.2 Å². The molecule has 4 aromatic rings. The number of nitrogens with one attached hydrogen (secondary N) is 1. The van der Waals surface area contributed by atoms with E-state index < -0.39 is 0 Å². The number of hydrogen-bond acceptors (Lipinski definition) is 4. The third-order valence-electron chi connectivity index (χ3n) is 6.15. The van der Waals surface area contributed by atoms with Gasteiger partial charge >= 0.3 is 0 Å². The van der Waals surface area contributed by atoms with Crippen LogP contribution < -0.4 is 0 Å². The van der Waals surface area contributed by atoms with Crippen LogP contribution in [0.3, 0.4) is 0 Å². The second-order valence-electron chi connectivity index (χ2n) is 8.82. The molecule has 1 N–H and O–H groups in total. The van der Waals surface area contributed by atoms with Gasteiger partial charge in [0, 0.05) is 36.6 Å². The Morgan fingerprint density at radius 3 is 2.69 bits per heavy atom. The summed E-state index contributed by atoms with van der Waals surface area (Å²) in [5, 5.41) is 11.3. The van der Waals surface area contributed by atoms with Crippen molar-refractivity contribution in [1.29, 1.82) is 0 Å². The van der Waals surface area contributed by atoms with Crippen LogP contribution in [0.4, 0.5) is 4.39 Å². The molecule has 0 aliphatic carbocycles. The molecule has 0 bridgehead atoms. The molecule has 35 heavy (non-hydrogen) atoms. The molecule has 182 valence electrons. The fourth-order valence-corrected chi connectivity index (χ4v) is 4.36. The van der Waals surface area contributed by atoms with Gasteiger partial charge in [0.1, 0.15) is 5.82 Å². The van der Waals surface area contributed by atoms with Crippen molar-refractivity contribution in [1.82, 2.24) is 25.0 Å². The van der Waals surface area contributed by atoms with Gasteiger partial charge in [0.25, 0.3) is 0 Å². The van der Waals surface area contributed by atoms with E-state index in [9.17, 15) is 9.18 Å². The van der Waals surface area contributed by atoms with Gasteiger partial charge in [-0.3, -0.25) is 19.6 Å². The minimum atomic E-state index is -0.206. The summed E-state index contributed by atoms with van der Waals surface area (Å²) < 4.78 is 15.5. The Bertz CT molecular complexity index is 1230. The van der Waals surface area contributed by atoms with Crippen LogP contribution in [-0.4, -0.2) is 30.7 Å². The van der Waals surface area contributed by atoms with E-state index in [0.29, 0.717) is 18.4 Å². The molecule has 0 fully saturated rings. The first-order valence-corrected chi connectivity index (χ1v) is 12.4. The van der Waals surface area contributed by atoms with Gasteiger partial charge in [-0.25, -0.2) is 4.39 Å². The number of halogens is 1. The summed E-state index contributed by atoms with van der Waals surface area (Å²) >= 11 is 0. The molecular formula is C28H32FN5O. The Morgan fingerprint density at radius 1 is 1.00 bits per heavy atom. The second-order valence-corrected chi connectivity index (χ2v) is 8.82. The third kappa shape index (κ3) is 6.72. The summed E-state index contributed by atoms with van der Waals surface area (Å²) in [5.74, 6) is -0.0857. The standard InChI is InChI=1S/C28H32FN5O/c1-2-19-34-23(15-18-31-34)10-6-12-28(35)24-13-14-26(27-16-17-30-33-27)32-25(24)11-4-3-7-21-8-5-9-22(29)20-21/h5,8-9,13-18,20H,2-4,6-7,10-12,19H2,1H3,(H,30,33). The van der Waals surface area contributed by atoms with E-state index in [-0.39, 0.29) is 11.6 Å². The lowest BCUT2D eigenvalue weighted by Gasteiger charge is -2.11. The van der Waals surface area contributed by atoms with Gasteiger partial charge in [-0.2, -0.15) is 10.2 Å². The quantitative estimate of drug-likeness (QED) is 0.191. The van der Waals surface area contributed by atoms with Crippen molar-refractivity contribution >= 4 is 5.78 Å². The smallest absolute Gasteiger partial charge is 0.164 e. The van der Waals surface area contributed by atoms with Gasteiger partial charge in [-0.15, -0.1) is 0 Å². The van der Waals surface area contributed by atoms with Crippen LogP contribution >= 0.6 is 0 Å². The fraction of sp³-hybridized carbons (Fsp3) is 0.357. The Kier molecular flexibility index (Phi) is 8.54. The van der Waals surface area contributed by atoms with Crippen LogP contribution in [0.15, 0.2) is 60.9 Å². The van der Waals surface area contributed by atoms with E-state index in [1.165, 1.54) is 11.8 Å². The molecule has 3 heterocycles.